The summed E-state index contributed by atoms with van der Waals surface area (Å²) in [5, 5.41) is 1.35. The fraction of sp³-hybridized carbons (Fsp3) is 0.600. The van der Waals surface area contributed by atoms with Gasteiger partial charge in [0.15, 0.2) is 0 Å². The molecule has 124 valence electrons. The molecule has 0 amide bonds. The Morgan fingerprint density at radius 1 is 1.13 bits per heavy atom. The minimum Gasteiger partial charge on any atom is -0.490 e. The standard InChI is InChI=1S/C20H28N2O/c1-22-11-5-6-16(22)12-15-14-21-20-10-9-18(13-19(15)20)23-17-7-3-2-4-8-17/h9-10,13-14,16-17,21H,2-8,11-12H2,1H3/t16-/m1/s1. The van der Waals surface area contributed by atoms with Gasteiger partial charge in [0.05, 0.1) is 6.10 Å². The normalized spacial score (nSPS) is 23.6. The minimum absolute atomic E-state index is 0.421. The van der Waals surface area contributed by atoms with Crippen molar-refractivity contribution in [2.75, 3.05) is 13.6 Å². The van der Waals surface area contributed by atoms with Crippen LogP contribution in [0.5, 0.6) is 5.75 Å². The van der Waals surface area contributed by atoms with Crippen molar-refractivity contribution in [3.05, 3.63) is 30.0 Å². The van der Waals surface area contributed by atoms with Gasteiger partial charge in [-0.25, -0.2) is 0 Å². The van der Waals surface area contributed by atoms with Crippen LogP contribution < -0.4 is 4.74 Å². The van der Waals surface area contributed by atoms with E-state index in [9.17, 15) is 0 Å². The molecule has 1 aliphatic heterocycles. The number of likely N-dealkylation sites (tertiary alicyclic amines) is 1. The average Bonchev–Trinajstić information content (AvgIpc) is 3.16. The van der Waals surface area contributed by atoms with E-state index in [0.717, 1.165) is 12.2 Å². The Kier molecular flexibility index (Phi) is 4.30. The maximum absolute atomic E-state index is 6.25. The van der Waals surface area contributed by atoms with Crippen molar-refractivity contribution < 1.29 is 4.74 Å². The highest BCUT2D eigenvalue weighted by molar-refractivity contribution is 5.84. The first-order chi connectivity index (χ1) is 11.3. The van der Waals surface area contributed by atoms with Crippen molar-refractivity contribution in [3.63, 3.8) is 0 Å². The summed E-state index contributed by atoms with van der Waals surface area (Å²) < 4.78 is 6.25. The van der Waals surface area contributed by atoms with Crippen molar-refractivity contribution in [1.82, 2.24) is 9.88 Å². The van der Waals surface area contributed by atoms with Gasteiger partial charge >= 0.3 is 0 Å². The molecule has 1 saturated heterocycles. The van der Waals surface area contributed by atoms with Gasteiger partial charge < -0.3 is 14.6 Å². The first-order valence-corrected chi connectivity index (χ1v) is 9.26. The molecule has 1 aromatic heterocycles. The number of H-pyrrole nitrogens is 1. The number of hydrogen-bond acceptors (Lipinski definition) is 2. The topological polar surface area (TPSA) is 28.3 Å². The van der Waals surface area contributed by atoms with Crippen LogP contribution in [0, 0.1) is 0 Å². The third kappa shape index (κ3) is 3.25. The molecule has 23 heavy (non-hydrogen) atoms. The Balaban J connectivity index is 1.53. The number of likely N-dealkylation sites (N-methyl/N-ethyl adjacent to an activating group) is 1. The molecule has 2 aliphatic rings. The van der Waals surface area contributed by atoms with E-state index in [4.69, 9.17) is 4.74 Å². The fourth-order valence-corrected chi connectivity index (χ4v) is 4.27. The van der Waals surface area contributed by atoms with E-state index in [0.29, 0.717) is 12.1 Å². The summed E-state index contributed by atoms with van der Waals surface area (Å²) in [6.07, 6.45) is 12.8. The lowest BCUT2D eigenvalue weighted by molar-refractivity contribution is 0.155. The number of ether oxygens (including phenoxy) is 1. The van der Waals surface area contributed by atoms with Crippen molar-refractivity contribution in [1.29, 1.82) is 0 Å². The van der Waals surface area contributed by atoms with Crippen LogP contribution >= 0.6 is 0 Å². The van der Waals surface area contributed by atoms with Crippen LogP contribution in [0.4, 0.5) is 0 Å². The average molecular weight is 312 g/mol. The number of nitrogens with one attached hydrogen (secondary N) is 1. The summed E-state index contributed by atoms with van der Waals surface area (Å²) in [6.45, 7) is 1.24. The van der Waals surface area contributed by atoms with Gasteiger partial charge in [0, 0.05) is 23.1 Å². The highest BCUT2D eigenvalue weighted by atomic mass is 16.5. The zero-order chi connectivity index (χ0) is 15.6. The van der Waals surface area contributed by atoms with Gasteiger partial charge in [-0.1, -0.05) is 6.42 Å². The zero-order valence-electron chi connectivity index (χ0n) is 14.2. The van der Waals surface area contributed by atoms with Gasteiger partial charge in [-0.2, -0.15) is 0 Å². The molecule has 0 unspecified atom stereocenters. The highest BCUT2D eigenvalue weighted by Crippen LogP contribution is 2.29. The number of rotatable bonds is 4. The Bertz CT molecular complexity index is 657. The van der Waals surface area contributed by atoms with E-state index >= 15 is 0 Å². The molecule has 3 nitrogen and oxygen atoms in total. The third-order valence-corrected chi connectivity index (χ3v) is 5.72. The van der Waals surface area contributed by atoms with E-state index in [1.54, 1.807) is 0 Å². The number of hydrogen-bond donors (Lipinski definition) is 1. The SMILES string of the molecule is CN1CCC[C@@H]1Cc1c[nH]c2ccc(OC3CCCCC3)cc12. The van der Waals surface area contributed by atoms with Crippen LogP contribution in [0.25, 0.3) is 10.9 Å². The Hall–Kier alpha value is -1.48. The monoisotopic (exact) mass is 312 g/mol. The van der Waals surface area contributed by atoms with Gasteiger partial charge in [0.25, 0.3) is 0 Å². The van der Waals surface area contributed by atoms with E-state index < -0.39 is 0 Å². The van der Waals surface area contributed by atoms with Crippen LogP contribution in [0.2, 0.25) is 0 Å². The molecule has 2 fully saturated rings. The molecule has 4 rings (SSSR count). The number of nitrogens with zero attached hydrogens (tertiary/aromatic N) is 1. The third-order valence-electron chi connectivity index (χ3n) is 5.72. The molecule has 1 aromatic carbocycles. The Morgan fingerprint density at radius 2 is 2.00 bits per heavy atom. The Morgan fingerprint density at radius 3 is 2.78 bits per heavy atom. The van der Waals surface area contributed by atoms with Crippen LogP contribution in [0.3, 0.4) is 0 Å². The van der Waals surface area contributed by atoms with Crippen LogP contribution in [0.15, 0.2) is 24.4 Å². The predicted molar refractivity (Wildman–Crippen MR) is 95.2 cm³/mol. The summed E-state index contributed by atoms with van der Waals surface area (Å²) in [5.41, 5.74) is 2.67. The Labute approximate surface area is 139 Å². The molecular formula is C20H28N2O. The fourth-order valence-electron chi connectivity index (χ4n) is 4.27. The molecular weight excluding hydrogens is 284 g/mol. The van der Waals surface area contributed by atoms with Crippen molar-refractivity contribution in [2.24, 2.45) is 0 Å². The molecule has 0 spiro atoms. The summed E-state index contributed by atoms with van der Waals surface area (Å²) in [4.78, 5) is 5.93. The lowest BCUT2D eigenvalue weighted by atomic mass is 9.98. The quantitative estimate of drug-likeness (QED) is 0.899. The second-order valence-corrected chi connectivity index (χ2v) is 7.38. The van der Waals surface area contributed by atoms with Gasteiger partial charge in [-0.3, -0.25) is 0 Å². The molecule has 0 bridgehead atoms. The van der Waals surface area contributed by atoms with E-state index in [1.165, 1.54) is 68.0 Å². The predicted octanol–water partition coefficient (Wildman–Crippen LogP) is 4.52. The van der Waals surface area contributed by atoms with Gasteiger partial charge in [0.1, 0.15) is 5.75 Å². The lowest BCUT2D eigenvalue weighted by Gasteiger charge is -2.23. The molecule has 2 heterocycles. The van der Waals surface area contributed by atoms with E-state index in [-0.39, 0.29) is 0 Å². The highest BCUT2D eigenvalue weighted by Gasteiger charge is 2.22. The number of aromatic amines is 1. The van der Waals surface area contributed by atoms with Crippen LogP contribution in [-0.4, -0.2) is 35.6 Å². The minimum atomic E-state index is 0.421. The van der Waals surface area contributed by atoms with Crippen molar-refractivity contribution >= 4 is 10.9 Å². The van der Waals surface area contributed by atoms with Crippen molar-refractivity contribution in [3.8, 4) is 5.75 Å². The van der Waals surface area contributed by atoms with Crippen LogP contribution in [-0.2, 0) is 6.42 Å². The summed E-state index contributed by atoms with van der Waals surface area (Å²) in [7, 11) is 2.25. The number of benzene rings is 1. The number of fused-ring (bicyclic) bond motifs is 1. The van der Waals surface area contributed by atoms with E-state index in [1.807, 2.05) is 0 Å². The second kappa shape index (κ2) is 6.56. The second-order valence-electron chi connectivity index (χ2n) is 7.38. The van der Waals surface area contributed by atoms with Gasteiger partial charge in [0.2, 0.25) is 0 Å². The molecule has 1 N–H and O–H groups in total. The molecule has 1 atom stereocenters. The van der Waals surface area contributed by atoms with Gasteiger partial charge in [-0.05, 0) is 82.3 Å². The number of aromatic nitrogens is 1. The zero-order valence-corrected chi connectivity index (χ0v) is 14.2. The summed E-state index contributed by atoms with van der Waals surface area (Å²) in [5.74, 6) is 1.05. The molecule has 2 aromatic rings. The van der Waals surface area contributed by atoms with Gasteiger partial charge in [-0.15, -0.1) is 0 Å². The molecule has 1 aliphatic carbocycles. The lowest BCUT2D eigenvalue weighted by Crippen LogP contribution is -2.26. The first-order valence-electron chi connectivity index (χ1n) is 9.26. The van der Waals surface area contributed by atoms with Crippen molar-refractivity contribution in [2.45, 2.75) is 63.5 Å². The summed E-state index contributed by atoms with van der Waals surface area (Å²) in [6, 6.07) is 7.25. The molecule has 1 saturated carbocycles. The molecule has 3 heteroatoms. The first kappa shape index (κ1) is 15.1. The molecule has 0 radical (unpaired) electrons. The largest absolute Gasteiger partial charge is 0.490 e. The maximum atomic E-state index is 6.25. The smallest absolute Gasteiger partial charge is 0.120 e. The van der Waals surface area contributed by atoms with Crippen LogP contribution in [0.1, 0.15) is 50.5 Å². The maximum Gasteiger partial charge on any atom is 0.120 e. The van der Waals surface area contributed by atoms with E-state index in [2.05, 4.69) is 41.3 Å². The summed E-state index contributed by atoms with van der Waals surface area (Å²) >= 11 is 0.